The van der Waals surface area contributed by atoms with Crippen molar-refractivity contribution < 1.29 is 14.4 Å². The van der Waals surface area contributed by atoms with Gasteiger partial charge in [-0.25, -0.2) is 9.78 Å². The summed E-state index contributed by atoms with van der Waals surface area (Å²) < 4.78 is 0. The number of aromatic nitrogens is 2. The smallest absolute Gasteiger partial charge is 0.321 e. The van der Waals surface area contributed by atoms with Crippen LogP contribution in [0.1, 0.15) is 12.1 Å². The summed E-state index contributed by atoms with van der Waals surface area (Å²) in [6.07, 6.45) is 2.35. The first kappa shape index (κ1) is 25.3. The van der Waals surface area contributed by atoms with Crippen LogP contribution in [0.2, 0.25) is 0 Å². The first-order chi connectivity index (χ1) is 18.5. The Kier molecular flexibility index (Phi) is 7.55. The highest BCUT2D eigenvalue weighted by molar-refractivity contribution is 8.18. The molecule has 2 aromatic carbocycles. The van der Waals surface area contributed by atoms with E-state index in [1.54, 1.807) is 17.0 Å². The topological polar surface area (TPSA) is 111 Å². The molecule has 11 heteroatoms. The van der Waals surface area contributed by atoms with Gasteiger partial charge in [-0.1, -0.05) is 36.4 Å². The lowest BCUT2D eigenvalue weighted by molar-refractivity contribution is -0.115. The zero-order valence-electron chi connectivity index (χ0n) is 20.8. The molecule has 0 bridgehead atoms. The minimum absolute atomic E-state index is 0.143. The summed E-state index contributed by atoms with van der Waals surface area (Å²) in [5.41, 5.74) is 2.21. The molecule has 3 heterocycles. The van der Waals surface area contributed by atoms with Gasteiger partial charge in [-0.2, -0.15) is 4.98 Å². The molecule has 1 aromatic heterocycles. The number of para-hydroxylation sites is 2. The standard InChI is InChI=1S/C27H27N7O3S/c1-32(21-11-6-3-7-12-21)23-18-20(17-22-24(35)31-27(37)38-22)28-25(30-23)33-13-8-14-34(16-15-33)26(36)29-19-9-4-2-5-10-19/h2-7,9-12,17-18H,8,13-16H2,1H3,(H,29,36)(H,31,35,37). The molecule has 0 radical (unpaired) electrons. The molecule has 0 saturated carbocycles. The molecule has 5 rings (SSSR count). The summed E-state index contributed by atoms with van der Waals surface area (Å²) >= 11 is 0.851. The number of hydrogen-bond donors (Lipinski definition) is 2. The molecule has 38 heavy (non-hydrogen) atoms. The zero-order valence-corrected chi connectivity index (χ0v) is 21.6. The van der Waals surface area contributed by atoms with Crippen molar-refractivity contribution in [2.75, 3.05) is 48.3 Å². The first-order valence-corrected chi connectivity index (χ1v) is 13.1. The van der Waals surface area contributed by atoms with Gasteiger partial charge in [0.1, 0.15) is 5.82 Å². The number of hydrogen-bond acceptors (Lipinski definition) is 8. The van der Waals surface area contributed by atoms with Gasteiger partial charge in [0.25, 0.3) is 11.1 Å². The minimum atomic E-state index is -0.437. The van der Waals surface area contributed by atoms with Crippen LogP contribution in [0, 0.1) is 0 Å². The Hall–Kier alpha value is -4.38. The van der Waals surface area contributed by atoms with Crippen molar-refractivity contribution >= 4 is 58.2 Å². The minimum Gasteiger partial charge on any atom is -0.339 e. The number of urea groups is 1. The van der Waals surface area contributed by atoms with E-state index in [2.05, 4.69) is 10.6 Å². The van der Waals surface area contributed by atoms with Crippen molar-refractivity contribution in [1.82, 2.24) is 20.2 Å². The first-order valence-electron chi connectivity index (χ1n) is 12.2. The van der Waals surface area contributed by atoms with Crippen molar-refractivity contribution in [2.24, 2.45) is 0 Å². The molecule has 0 aliphatic carbocycles. The Morgan fingerprint density at radius 3 is 2.45 bits per heavy atom. The highest BCUT2D eigenvalue weighted by Gasteiger charge is 2.26. The highest BCUT2D eigenvalue weighted by atomic mass is 32.2. The van der Waals surface area contributed by atoms with Gasteiger partial charge in [0.05, 0.1) is 10.6 Å². The number of carbonyl (C=O) groups excluding carboxylic acids is 3. The summed E-state index contributed by atoms with van der Waals surface area (Å²) in [5.74, 6) is 0.704. The predicted octanol–water partition coefficient (Wildman–Crippen LogP) is 4.31. The maximum atomic E-state index is 12.9. The van der Waals surface area contributed by atoms with E-state index in [0.29, 0.717) is 43.6 Å². The van der Waals surface area contributed by atoms with E-state index in [1.807, 2.05) is 77.5 Å². The summed E-state index contributed by atoms with van der Waals surface area (Å²) in [7, 11) is 1.91. The van der Waals surface area contributed by atoms with E-state index >= 15 is 0 Å². The molecule has 2 aliphatic heterocycles. The number of carbonyl (C=O) groups is 3. The van der Waals surface area contributed by atoms with Crippen molar-refractivity contribution in [1.29, 1.82) is 0 Å². The molecular formula is C27H27N7O3S. The highest BCUT2D eigenvalue weighted by Crippen LogP contribution is 2.29. The Morgan fingerprint density at radius 1 is 1.00 bits per heavy atom. The van der Waals surface area contributed by atoms with Crippen LogP contribution < -0.4 is 20.4 Å². The number of nitrogens with one attached hydrogen (secondary N) is 2. The van der Waals surface area contributed by atoms with Crippen LogP contribution in [0.4, 0.5) is 32.7 Å². The van der Waals surface area contributed by atoms with Gasteiger partial charge >= 0.3 is 6.03 Å². The lowest BCUT2D eigenvalue weighted by atomic mass is 10.2. The normalized spacial score (nSPS) is 16.8. The average Bonchev–Trinajstić information content (AvgIpc) is 3.10. The molecule has 0 unspecified atom stereocenters. The Balaban J connectivity index is 1.40. The molecule has 2 saturated heterocycles. The molecule has 0 atom stereocenters. The van der Waals surface area contributed by atoms with E-state index in [4.69, 9.17) is 9.97 Å². The van der Waals surface area contributed by atoms with Crippen LogP contribution in [0.5, 0.6) is 0 Å². The summed E-state index contributed by atoms with van der Waals surface area (Å²) in [6.45, 7) is 2.32. The lowest BCUT2D eigenvalue weighted by Gasteiger charge is -2.25. The molecule has 194 valence electrons. The predicted molar refractivity (Wildman–Crippen MR) is 150 cm³/mol. The Bertz CT molecular complexity index is 1370. The van der Waals surface area contributed by atoms with Crippen molar-refractivity contribution in [2.45, 2.75) is 6.42 Å². The number of rotatable bonds is 5. The maximum Gasteiger partial charge on any atom is 0.321 e. The number of nitrogens with zero attached hydrogens (tertiary/aromatic N) is 5. The van der Waals surface area contributed by atoms with Gasteiger partial charge < -0.3 is 20.0 Å². The molecule has 10 nitrogen and oxygen atoms in total. The van der Waals surface area contributed by atoms with Crippen molar-refractivity contribution in [3.05, 3.63) is 77.3 Å². The van der Waals surface area contributed by atoms with Crippen LogP contribution in [0.3, 0.4) is 0 Å². The van der Waals surface area contributed by atoms with Crippen molar-refractivity contribution in [3.8, 4) is 0 Å². The fraction of sp³-hybridized carbons (Fsp3) is 0.222. The number of imide groups is 1. The summed E-state index contributed by atoms with van der Waals surface area (Å²) in [5, 5.41) is 4.82. The van der Waals surface area contributed by atoms with Crippen LogP contribution in [-0.2, 0) is 4.79 Å². The van der Waals surface area contributed by atoms with E-state index in [1.165, 1.54) is 0 Å². The molecule has 0 spiro atoms. The molecular weight excluding hydrogens is 502 g/mol. The third-order valence-electron chi connectivity index (χ3n) is 6.22. The van der Waals surface area contributed by atoms with Crippen molar-refractivity contribution in [3.63, 3.8) is 0 Å². The number of anilines is 4. The Morgan fingerprint density at radius 2 is 1.74 bits per heavy atom. The molecule has 3 aromatic rings. The summed E-state index contributed by atoms with van der Waals surface area (Å²) in [6, 6.07) is 20.8. The van der Waals surface area contributed by atoms with Crippen LogP contribution in [0.25, 0.3) is 6.08 Å². The molecule has 2 aliphatic rings. The van der Waals surface area contributed by atoms with Gasteiger partial charge in [0.2, 0.25) is 5.95 Å². The monoisotopic (exact) mass is 529 g/mol. The van der Waals surface area contributed by atoms with Gasteiger partial charge in [0.15, 0.2) is 0 Å². The van der Waals surface area contributed by atoms with Crippen LogP contribution in [-0.4, -0.2) is 65.3 Å². The van der Waals surface area contributed by atoms with Gasteiger partial charge in [0, 0.05) is 50.7 Å². The molecule has 2 fully saturated rings. The second-order valence-corrected chi connectivity index (χ2v) is 9.84. The Labute approximate surface area is 224 Å². The summed E-state index contributed by atoms with van der Waals surface area (Å²) in [4.78, 5) is 52.3. The van der Waals surface area contributed by atoms with E-state index in [0.717, 1.165) is 29.6 Å². The van der Waals surface area contributed by atoms with Gasteiger partial charge in [-0.15, -0.1) is 0 Å². The average molecular weight is 530 g/mol. The molecule has 4 amide bonds. The number of thioether (sulfide) groups is 1. The number of amides is 4. The number of benzene rings is 2. The fourth-order valence-corrected chi connectivity index (χ4v) is 4.88. The second-order valence-electron chi connectivity index (χ2n) is 8.82. The third-order valence-corrected chi connectivity index (χ3v) is 7.03. The largest absolute Gasteiger partial charge is 0.339 e. The fourth-order valence-electron chi connectivity index (χ4n) is 4.21. The third kappa shape index (κ3) is 5.94. The van der Waals surface area contributed by atoms with Crippen LogP contribution >= 0.6 is 11.8 Å². The van der Waals surface area contributed by atoms with Gasteiger partial charge in [-0.3, -0.25) is 14.9 Å². The SMILES string of the molecule is CN(c1ccccc1)c1cc(C=C2SC(=O)NC2=O)nc(N2CCCN(C(=O)Nc3ccccc3)CC2)n1. The van der Waals surface area contributed by atoms with Crippen LogP contribution in [0.15, 0.2) is 71.6 Å². The van der Waals surface area contributed by atoms with E-state index < -0.39 is 11.1 Å². The maximum absolute atomic E-state index is 12.9. The lowest BCUT2D eigenvalue weighted by Crippen LogP contribution is -2.38. The van der Waals surface area contributed by atoms with Gasteiger partial charge in [-0.05, 0) is 48.5 Å². The zero-order chi connectivity index (χ0) is 26.5. The quantitative estimate of drug-likeness (QED) is 0.471. The van der Waals surface area contributed by atoms with E-state index in [-0.39, 0.29) is 10.9 Å². The second kappa shape index (κ2) is 11.3. The van der Waals surface area contributed by atoms with E-state index in [9.17, 15) is 14.4 Å². The molecule has 2 N–H and O–H groups in total.